The van der Waals surface area contributed by atoms with Crippen molar-refractivity contribution in [3.63, 3.8) is 0 Å². The van der Waals surface area contributed by atoms with Crippen LogP contribution in [-0.4, -0.2) is 19.6 Å². The highest BCUT2D eigenvalue weighted by molar-refractivity contribution is 5.62. The summed E-state index contributed by atoms with van der Waals surface area (Å²) < 4.78 is 3.68. The zero-order valence-electron chi connectivity index (χ0n) is 13.9. The average Bonchev–Trinajstić information content (AvgIpc) is 3.17. The van der Waals surface area contributed by atoms with Gasteiger partial charge in [-0.1, -0.05) is 25.1 Å². The van der Waals surface area contributed by atoms with Crippen LogP contribution in [0.2, 0.25) is 0 Å². The maximum Gasteiger partial charge on any atom is 0.0568 e. The van der Waals surface area contributed by atoms with Crippen LogP contribution < -0.4 is 5.32 Å². The molecule has 0 aliphatic heterocycles. The predicted molar refractivity (Wildman–Crippen MR) is 91.7 cm³/mol. The van der Waals surface area contributed by atoms with Crippen molar-refractivity contribution < 1.29 is 0 Å². The highest BCUT2D eigenvalue weighted by atomic mass is 15.2. The molecule has 0 fully saturated rings. The van der Waals surface area contributed by atoms with Crippen molar-refractivity contribution in [3.05, 3.63) is 60.2 Å². The Balaban J connectivity index is 1.70. The van der Waals surface area contributed by atoms with Gasteiger partial charge in [-0.3, -0.25) is 9.36 Å². The Morgan fingerprint density at radius 3 is 2.48 bits per heavy atom. The minimum absolute atomic E-state index is 0.325. The lowest BCUT2D eigenvalue weighted by Gasteiger charge is -2.15. The summed E-state index contributed by atoms with van der Waals surface area (Å²) in [4.78, 5) is 0. The average molecular weight is 309 g/mol. The zero-order valence-corrected chi connectivity index (χ0v) is 13.9. The molecule has 0 bridgehead atoms. The molecule has 1 N–H and O–H groups in total. The maximum atomic E-state index is 4.26. The molecule has 1 atom stereocenters. The van der Waals surface area contributed by atoms with Gasteiger partial charge in [0.2, 0.25) is 0 Å². The molecule has 5 heteroatoms. The van der Waals surface area contributed by atoms with Gasteiger partial charge in [0.25, 0.3) is 0 Å². The smallest absolute Gasteiger partial charge is 0.0568 e. The Labute approximate surface area is 136 Å². The summed E-state index contributed by atoms with van der Waals surface area (Å²) in [5.41, 5.74) is 4.85. The number of nitrogens with one attached hydrogen (secondary N) is 1. The van der Waals surface area contributed by atoms with E-state index in [4.69, 9.17) is 0 Å². The van der Waals surface area contributed by atoms with Crippen molar-refractivity contribution in [2.45, 2.75) is 25.9 Å². The first kappa shape index (κ1) is 15.5. The Hall–Kier alpha value is -2.40. The maximum absolute atomic E-state index is 4.26. The molecule has 5 nitrogen and oxygen atoms in total. The Morgan fingerprint density at radius 1 is 1.04 bits per heavy atom. The van der Waals surface area contributed by atoms with Gasteiger partial charge in [-0.05, 0) is 23.6 Å². The molecule has 1 aromatic carbocycles. The molecule has 120 valence electrons. The van der Waals surface area contributed by atoms with Crippen molar-refractivity contribution in [3.8, 4) is 11.1 Å². The highest BCUT2D eigenvalue weighted by Gasteiger charge is 2.10. The third-order valence-electron chi connectivity index (χ3n) is 4.05. The summed E-state index contributed by atoms with van der Waals surface area (Å²) in [5.74, 6) is 0. The topological polar surface area (TPSA) is 47.7 Å². The number of nitrogens with zero attached hydrogens (tertiary/aromatic N) is 4. The van der Waals surface area contributed by atoms with Crippen LogP contribution in [0.3, 0.4) is 0 Å². The predicted octanol–water partition coefficient (Wildman–Crippen LogP) is 3.06. The minimum Gasteiger partial charge on any atom is -0.306 e. The second-order valence-electron chi connectivity index (χ2n) is 5.89. The number of aryl methyl sites for hydroxylation is 2. The molecule has 2 aromatic heterocycles. The number of hydrogen-bond donors (Lipinski definition) is 1. The highest BCUT2D eigenvalue weighted by Crippen LogP contribution is 2.21. The molecule has 2 heterocycles. The van der Waals surface area contributed by atoms with E-state index in [0.29, 0.717) is 6.04 Å². The van der Waals surface area contributed by atoms with Gasteiger partial charge in [0.15, 0.2) is 0 Å². The van der Waals surface area contributed by atoms with Crippen molar-refractivity contribution in [1.29, 1.82) is 0 Å². The van der Waals surface area contributed by atoms with E-state index in [1.54, 1.807) is 0 Å². The molecule has 0 radical (unpaired) electrons. The fourth-order valence-electron chi connectivity index (χ4n) is 2.79. The van der Waals surface area contributed by atoms with E-state index in [9.17, 15) is 0 Å². The fraction of sp³-hybridized carbons (Fsp3) is 0.333. The number of rotatable bonds is 6. The summed E-state index contributed by atoms with van der Waals surface area (Å²) in [5, 5.41) is 12.1. The van der Waals surface area contributed by atoms with Crippen LogP contribution in [0.25, 0.3) is 11.1 Å². The third kappa shape index (κ3) is 3.68. The number of benzene rings is 1. The van der Waals surface area contributed by atoms with E-state index in [2.05, 4.69) is 52.9 Å². The number of aromatic nitrogens is 4. The van der Waals surface area contributed by atoms with Gasteiger partial charge in [-0.2, -0.15) is 10.2 Å². The van der Waals surface area contributed by atoms with Gasteiger partial charge in [0.1, 0.15) is 0 Å². The molecule has 23 heavy (non-hydrogen) atoms. The van der Waals surface area contributed by atoms with Gasteiger partial charge in [0, 0.05) is 50.2 Å². The molecule has 0 spiro atoms. The van der Waals surface area contributed by atoms with Gasteiger partial charge >= 0.3 is 0 Å². The van der Waals surface area contributed by atoms with Crippen LogP contribution in [-0.2, 0) is 20.6 Å². The summed E-state index contributed by atoms with van der Waals surface area (Å²) in [6, 6.07) is 8.93. The Kier molecular flexibility index (Phi) is 4.57. The fourth-order valence-corrected chi connectivity index (χ4v) is 2.79. The molecule has 3 rings (SSSR count). The van der Waals surface area contributed by atoms with Gasteiger partial charge in [0.05, 0.1) is 12.4 Å². The largest absolute Gasteiger partial charge is 0.306 e. The van der Waals surface area contributed by atoms with Crippen molar-refractivity contribution in [2.75, 3.05) is 0 Å². The van der Waals surface area contributed by atoms with Crippen molar-refractivity contribution in [1.82, 2.24) is 24.9 Å². The van der Waals surface area contributed by atoms with Crippen LogP contribution >= 0.6 is 0 Å². The van der Waals surface area contributed by atoms with Crippen LogP contribution in [0.1, 0.15) is 30.5 Å². The first-order valence-corrected chi connectivity index (χ1v) is 7.95. The van der Waals surface area contributed by atoms with Crippen LogP contribution in [0.4, 0.5) is 0 Å². The molecule has 0 saturated heterocycles. The van der Waals surface area contributed by atoms with E-state index in [0.717, 1.165) is 18.5 Å². The molecular weight excluding hydrogens is 286 g/mol. The second kappa shape index (κ2) is 6.79. The lowest BCUT2D eigenvalue weighted by molar-refractivity contribution is 0.518. The van der Waals surface area contributed by atoms with E-state index in [1.807, 2.05) is 42.0 Å². The SMILES string of the molecule is CC[C@@H](NCc1cccc(-c2cnn(C)c2)c1)c1cnn(C)c1. The van der Waals surface area contributed by atoms with E-state index in [1.165, 1.54) is 16.7 Å². The molecule has 0 aliphatic carbocycles. The molecular formula is C18H23N5. The minimum atomic E-state index is 0.325. The van der Waals surface area contributed by atoms with Gasteiger partial charge in [-0.25, -0.2) is 0 Å². The normalized spacial score (nSPS) is 12.5. The zero-order chi connectivity index (χ0) is 16.2. The summed E-state index contributed by atoms with van der Waals surface area (Å²) in [6.45, 7) is 3.03. The van der Waals surface area contributed by atoms with Gasteiger partial charge < -0.3 is 5.32 Å². The first-order valence-electron chi connectivity index (χ1n) is 7.95. The van der Waals surface area contributed by atoms with Crippen LogP contribution in [0.5, 0.6) is 0 Å². The van der Waals surface area contributed by atoms with Gasteiger partial charge in [-0.15, -0.1) is 0 Å². The first-order chi connectivity index (χ1) is 11.2. The summed E-state index contributed by atoms with van der Waals surface area (Å²) in [7, 11) is 3.89. The van der Waals surface area contributed by atoms with E-state index < -0.39 is 0 Å². The van der Waals surface area contributed by atoms with Crippen molar-refractivity contribution in [2.24, 2.45) is 14.1 Å². The lowest BCUT2D eigenvalue weighted by Crippen LogP contribution is -2.19. The lowest BCUT2D eigenvalue weighted by atomic mass is 10.0. The van der Waals surface area contributed by atoms with Crippen LogP contribution in [0, 0.1) is 0 Å². The quantitative estimate of drug-likeness (QED) is 0.761. The number of hydrogen-bond acceptors (Lipinski definition) is 3. The molecule has 0 amide bonds. The molecule has 0 unspecified atom stereocenters. The molecule has 3 aromatic rings. The molecule has 0 aliphatic rings. The molecule has 0 saturated carbocycles. The Bertz CT molecular complexity index is 771. The third-order valence-corrected chi connectivity index (χ3v) is 4.05. The van der Waals surface area contributed by atoms with E-state index >= 15 is 0 Å². The van der Waals surface area contributed by atoms with Crippen molar-refractivity contribution >= 4 is 0 Å². The summed E-state index contributed by atoms with van der Waals surface area (Å²) in [6.07, 6.45) is 8.99. The monoisotopic (exact) mass is 309 g/mol. The van der Waals surface area contributed by atoms with Crippen LogP contribution in [0.15, 0.2) is 49.1 Å². The summed E-state index contributed by atoms with van der Waals surface area (Å²) >= 11 is 0. The van der Waals surface area contributed by atoms with E-state index in [-0.39, 0.29) is 0 Å². The second-order valence-corrected chi connectivity index (χ2v) is 5.89. The standard InChI is InChI=1S/C18H23N5/c1-4-18(17-11-21-23(3)13-17)19-9-14-6-5-7-15(8-14)16-10-20-22(2)12-16/h5-8,10-13,18-19H,4,9H2,1-3H3/t18-/m1/s1. The Morgan fingerprint density at radius 2 is 1.83 bits per heavy atom.